The van der Waals surface area contributed by atoms with Gasteiger partial charge in [0.25, 0.3) is 0 Å². The normalized spacial score (nSPS) is 25.0. The van der Waals surface area contributed by atoms with Gasteiger partial charge >= 0.3 is 6.09 Å². The molecule has 0 aliphatic heterocycles. The van der Waals surface area contributed by atoms with Crippen LogP contribution in [0, 0.1) is 5.92 Å². The Morgan fingerprint density at radius 1 is 1.56 bits per heavy atom. The Kier molecular flexibility index (Phi) is 8.57. The second-order valence-electron chi connectivity index (χ2n) is 3.98. The zero-order valence-corrected chi connectivity index (χ0v) is 10.9. The standard InChI is InChI=1S/C6H11NO2.C4H9N.CH5N/c1-4-3-6(4,2)7-5(8)9;1-4(2)5-3;1-2/h4,7H,3H2,1-2H3,(H,8,9);5H,1H2,2-3H3;2H2,1H3. The first-order valence-corrected chi connectivity index (χ1v) is 5.24. The molecular weight excluding hydrogens is 206 g/mol. The van der Waals surface area contributed by atoms with Gasteiger partial charge in [0.15, 0.2) is 0 Å². The summed E-state index contributed by atoms with van der Waals surface area (Å²) in [5, 5.41) is 13.6. The Bertz CT molecular complexity index is 231. The lowest BCUT2D eigenvalue weighted by atomic mass is 10.3. The van der Waals surface area contributed by atoms with E-state index in [-0.39, 0.29) is 5.54 Å². The van der Waals surface area contributed by atoms with Gasteiger partial charge in [-0.25, -0.2) is 4.79 Å². The lowest BCUT2D eigenvalue weighted by molar-refractivity contribution is 0.188. The van der Waals surface area contributed by atoms with E-state index in [1.165, 1.54) is 7.05 Å². The van der Waals surface area contributed by atoms with Crippen LogP contribution in [0.4, 0.5) is 4.79 Å². The van der Waals surface area contributed by atoms with Crippen molar-refractivity contribution in [2.45, 2.75) is 32.7 Å². The van der Waals surface area contributed by atoms with Gasteiger partial charge in [0.2, 0.25) is 0 Å². The fourth-order valence-electron chi connectivity index (χ4n) is 0.996. The SMILES string of the molecule is C=C(C)NC.CC1CC1(C)NC(=O)O.CN. The average molecular weight is 231 g/mol. The Balaban J connectivity index is 0. The maximum Gasteiger partial charge on any atom is 0.405 e. The highest BCUT2D eigenvalue weighted by Crippen LogP contribution is 2.41. The molecule has 0 aromatic rings. The van der Waals surface area contributed by atoms with E-state index in [0.29, 0.717) is 5.92 Å². The molecule has 16 heavy (non-hydrogen) atoms. The first kappa shape index (κ1) is 17.2. The van der Waals surface area contributed by atoms with Gasteiger partial charge in [-0.05, 0) is 38.9 Å². The average Bonchev–Trinajstić information content (AvgIpc) is 2.76. The lowest BCUT2D eigenvalue weighted by Gasteiger charge is -2.07. The van der Waals surface area contributed by atoms with Crippen molar-refractivity contribution >= 4 is 6.09 Å². The van der Waals surface area contributed by atoms with Crippen molar-refractivity contribution in [3.8, 4) is 0 Å². The summed E-state index contributed by atoms with van der Waals surface area (Å²) in [6.07, 6.45) is 0.0566. The molecule has 0 aromatic heterocycles. The van der Waals surface area contributed by atoms with Gasteiger partial charge in [-0.15, -0.1) is 0 Å². The second kappa shape index (κ2) is 7.98. The van der Waals surface area contributed by atoms with Gasteiger partial charge in [0.05, 0.1) is 0 Å². The fraction of sp³-hybridized carbons (Fsp3) is 0.727. The Morgan fingerprint density at radius 3 is 1.94 bits per heavy atom. The monoisotopic (exact) mass is 231 g/mol. The highest BCUT2D eigenvalue weighted by atomic mass is 16.4. The molecule has 1 saturated carbocycles. The molecule has 5 N–H and O–H groups in total. The van der Waals surface area contributed by atoms with E-state index in [4.69, 9.17) is 5.11 Å². The first-order valence-electron chi connectivity index (χ1n) is 5.24. The van der Waals surface area contributed by atoms with Crippen molar-refractivity contribution in [2.75, 3.05) is 14.1 Å². The van der Waals surface area contributed by atoms with E-state index >= 15 is 0 Å². The maximum absolute atomic E-state index is 10.1. The highest BCUT2D eigenvalue weighted by Gasteiger charge is 2.47. The summed E-state index contributed by atoms with van der Waals surface area (Å²) < 4.78 is 0. The molecule has 5 nitrogen and oxygen atoms in total. The first-order chi connectivity index (χ1) is 7.31. The minimum absolute atomic E-state index is 0.119. The number of amides is 1. The molecule has 1 aliphatic carbocycles. The molecule has 2 atom stereocenters. The maximum atomic E-state index is 10.1. The number of allylic oxidation sites excluding steroid dienone is 1. The quantitative estimate of drug-likeness (QED) is 0.578. The Morgan fingerprint density at radius 2 is 1.88 bits per heavy atom. The smallest absolute Gasteiger partial charge is 0.405 e. The predicted octanol–water partition coefficient (Wildman–Crippen LogP) is 1.37. The topological polar surface area (TPSA) is 87.4 Å². The van der Waals surface area contributed by atoms with Crippen molar-refractivity contribution in [3.63, 3.8) is 0 Å². The van der Waals surface area contributed by atoms with E-state index < -0.39 is 6.09 Å². The minimum atomic E-state index is -0.915. The largest absolute Gasteiger partial charge is 0.465 e. The third-order valence-corrected chi connectivity index (χ3v) is 2.48. The Labute approximate surface area is 98.1 Å². The molecule has 1 rings (SSSR count). The van der Waals surface area contributed by atoms with Crippen LogP contribution in [0.5, 0.6) is 0 Å². The molecule has 0 saturated heterocycles. The summed E-state index contributed by atoms with van der Waals surface area (Å²) in [5.41, 5.74) is 5.39. The molecule has 96 valence electrons. The van der Waals surface area contributed by atoms with E-state index in [0.717, 1.165) is 12.1 Å². The third kappa shape index (κ3) is 8.11. The van der Waals surface area contributed by atoms with Gasteiger partial charge < -0.3 is 21.5 Å². The van der Waals surface area contributed by atoms with Gasteiger partial charge in [-0.2, -0.15) is 0 Å². The van der Waals surface area contributed by atoms with E-state index in [9.17, 15) is 4.79 Å². The summed E-state index contributed by atoms with van der Waals surface area (Å²) in [7, 11) is 3.35. The van der Waals surface area contributed by atoms with Crippen LogP contribution in [0.15, 0.2) is 12.3 Å². The van der Waals surface area contributed by atoms with Gasteiger partial charge in [-0.3, -0.25) is 0 Å². The molecule has 0 bridgehead atoms. The van der Waals surface area contributed by atoms with Crippen LogP contribution in [0.25, 0.3) is 0 Å². The van der Waals surface area contributed by atoms with Crippen LogP contribution >= 0.6 is 0 Å². The number of hydrogen-bond acceptors (Lipinski definition) is 3. The van der Waals surface area contributed by atoms with Crippen LogP contribution in [-0.2, 0) is 0 Å². The highest BCUT2D eigenvalue weighted by molar-refractivity contribution is 5.66. The van der Waals surface area contributed by atoms with Crippen molar-refractivity contribution in [1.82, 2.24) is 10.6 Å². The van der Waals surface area contributed by atoms with Crippen LogP contribution in [0.1, 0.15) is 27.2 Å². The molecule has 0 spiro atoms. The molecule has 2 unspecified atom stereocenters. The summed E-state index contributed by atoms with van der Waals surface area (Å²) in [5.74, 6) is 0.508. The van der Waals surface area contributed by atoms with Crippen molar-refractivity contribution in [3.05, 3.63) is 12.3 Å². The molecule has 1 aliphatic rings. The minimum Gasteiger partial charge on any atom is -0.465 e. The molecule has 0 aromatic carbocycles. The van der Waals surface area contributed by atoms with Gasteiger partial charge in [-0.1, -0.05) is 13.5 Å². The summed E-state index contributed by atoms with van der Waals surface area (Å²) in [4.78, 5) is 10.1. The molecular formula is C11H25N3O2. The summed E-state index contributed by atoms with van der Waals surface area (Å²) in [6, 6.07) is 0. The number of carbonyl (C=O) groups is 1. The fourth-order valence-corrected chi connectivity index (χ4v) is 0.996. The molecule has 1 amide bonds. The van der Waals surface area contributed by atoms with Crippen LogP contribution in [0.3, 0.4) is 0 Å². The number of nitrogens with two attached hydrogens (primary N) is 1. The second-order valence-corrected chi connectivity index (χ2v) is 3.98. The molecule has 5 heteroatoms. The van der Waals surface area contributed by atoms with E-state index in [2.05, 4.69) is 22.9 Å². The zero-order chi connectivity index (χ0) is 13.4. The Hall–Kier alpha value is -1.23. The van der Waals surface area contributed by atoms with Crippen molar-refractivity contribution in [2.24, 2.45) is 11.7 Å². The molecule has 0 heterocycles. The third-order valence-electron chi connectivity index (χ3n) is 2.48. The number of rotatable bonds is 2. The number of nitrogens with one attached hydrogen (secondary N) is 2. The van der Waals surface area contributed by atoms with Crippen molar-refractivity contribution < 1.29 is 9.90 Å². The summed E-state index contributed by atoms with van der Waals surface area (Å²) in [6.45, 7) is 9.44. The van der Waals surface area contributed by atoms with Crippen LogP contribution < -0.4 is 16.4 Å². The number of carboxylic acid groups (broad SMARTS) is 1. The number of hydrogen-bond donors (Lipinski definition) is 4. The van der Waals surface area contributed by atoms with E-state index in [1.807, 2.05) is 27.8 Å². The molecule has 0 radical (unpaired) electrons. The van der Waals surface area contributed by atoms with Crippen LogP contribution in [0.2, 0.25) is 0 Å². The van der Waals surface area contributed by atoms with E-state index in [1.54, 1.807) is 0 Å². The lowest BCUT2D eigenvalue weighted by Crippen LogP contribution is -2.34. The van der Waals surface area contributed by atoms with Gasteiger partial charge in [0.1, 0.15) is 0 Å². The zero-order valence-electron chi connectivity index (χ0n) is 10.9. The van der Waals surface area contributed by atoms with Gasteiger partial charge in [0, 0.05) is 12.6 Å². The van der Waals surface area contributed by atoms with Crippen LogP contribution in [-0.4, -0.2) is 30.8 Å². The predicted molar refractivity (Wildman–Crippen MR) is 67.3 cm³/mol. The van der Waals surface area contributed by atoms with Crippen molar-refractivity contribution in [1.29, 1.82) is 0 Å². The molecule has 1 fully saturated rings. The summed E-state index contributed by atoms with van der Waals surface area (Å²) >= 11 is 0.